The second-order valence-electron chi connectivity index (χ2n) is 6.94. The second kappa shape index (κ2) is 7.19. The highest BCUT2D eigenvalue weighted by atomic mass is 14.9. The highest BCUT2D eigenvalue weighted by molar-refractivity contribution is 5.00. The molecule has 1 rings (SSSR count). The van der Waals surface area contributed by atoms with Crippen molar-refractivity contribution >= 4 is 0 Å². The third-order valence-corrected chi connectivity index (χ3v) is 4.41. The predicted octanol–water partition coefficient (Wildman–Crippen LogP) is 4.37. The molecule has 1 N–H and O–H groups in total. The maximum absolute atomic E-state index is 5.60. The number of hydrogen-bond acceptors (Lipinski definition) is 1. The minimum atomic E-state index is 0.284. The van der Waals surface area contributed by atoms with Gasteiger partial charge in [0.05, 0.1) is 6.04 Å². The molecule has 1 saturated carbocycles. The van der Waals surface area contributed by atoms with Crippen molar-refractivity contribution in [2.24, 2.45) is 11.3 Å². The van der Waals surface area contributed by atoms with E-state index < -0.39 is 0 Å². The van der Waals surface area contributed by atoms with E-state index in [4.69, 9.17) is 6.42 Å². The van der Waals surface area contributed by atoms with Gasteiger partial charge >= 0.3 is 0 Å². The van der Waals surface area contributed by atoms with Crippen LogP contribution in [0.25, 0.3) is 0 Å². The van der Waals surface area contributed by atoms with E-state index in [-0.39, 0.29) is 6.04 Å². The molecular formula is C17H31N. The topological polar surface area (TPSA) is 12.0 Å². The lowest BCUT2D eigenvalue weighted by atomic mass is 9.76. The fourth-order valence-electron chi connectivity index (χ4n) is 3.12. The van der Waals surface area contributed by atoms with E-state index >= 15 is 0 Å². The maximum atomic E-state index is 5.60. The van der Waals surface area contributed by atoms with Crippen LogP contribution < -0.4 is 5.32 Å². The van der Waals surface area contributed by atoms with Crippen LogP contribution in [0.5, 0.6) is 0 Å². The molecule has 0 bridgehead atoms. The number of rotatable bonds is 4. The third-order valence-electron chi connectivity index (χ3n) is 4.41. The largest absolute Gasteiger partial charge is 0.301 e. The van der Waals surface area contributed by atoms with Crippen molar-refractivity contribution in [1.29, 1.82) is 0 Å². The lowest BCUT2D eigenvalue weighted by Gasteiger charge is -2.30. The van der Waals surface area contributed by atoms with Crippen LogP contribution >= 0.6 is 0 Å². The van der Waals surface area contributed by atoms with Crippen LogP contribution in [0.15, 0.2) is 0 Å². The second-order valence-corrected chi connectivity index (χ2v) is 6.94. The van der Waals surface area contributed by atoms with Gasteiger partial charge in [0.2, 0.25) is 0 Å². The summed E-state index contributed by atoms with van der Waals surface area (Å²) in [6, 6.07) is 0.927. The quantitative estimate of drug-likeness (QED) is 0.576. The van der Waals surface area contributed by atoms with E-state index in [1.807, 2.05) is 0 Å². The van der Waals surface area contributed by atoms with Crippen molar-refractivity contribution < 1.29 is 0 Å². The van der Waals surface area contributed by atoms with Crippen LogP contribution in [0.1, 0.15) is 72.6 Å². The molecular weight excluding hydrogens is 218 g/mol. The number of hydrogen-bond donors (Lipinski definition) is 1. The summed E-state index contributed by atoms with van der Waals surface area (Å²) < 4.78 is 0. The van der Waals surface area contributed by atoms with Gasteiger partial charge in [-0.1, -0.05) is 46.5 Å². The van der Waals surface area contributed by atoms with Crippen LogP contribution in [-0.2, 0) is 0 Å². The van der Waals surface area contributed by atoms with E-state index in [1.165, 1.54) is 38.5 Å². The first kappa shape index (κ1) is 15.6. The van der Waals surface area contributed by atoms with Gasteiger partial charge in [-0.3, -0.25) is 0 Å². The standard InChI is InChI=1S/C17H31N/c1-6-9-15(7-2)18-16-11-8-10-14(12-13-16)17(3,4)5/h2,14-16,18H,6,8-13H2,1,3-5H3. The molecule has 0 saturated heterocycles. The summed E-state index contributed by atoms with van der Waals surface area (Å²) in [5.74, 6) is 3.78. The van der Waals surface area contributed by atoms with E-state index in [1.54, 1.807) is 0 Å². The van der Waals surface area contributed by atoms with Gasteiger partial charge in [-0.25, -0.2) is 0 Å². The molecule has 3 atom stereocenters. The van der Waals surface area contributed by atoms with Gasteiger partial charge < -0.3 is 5.32 Å². The first-order valence-corrected chi connectivity index (χ1v) is 7.69. The zero-order valence-electron chi connectivity index (χ0n) is 12.8. The van der Waals surface area contributed by atoms with Crippen LogP contribution in [0.2, 0.25) is 0 Å². The third kappa shape index (κ3) is 5.02. The van der Waals surface area contributed by atoms with Crippen molar-refractivity contribution in [2.75, 3.05) is 0 Å². The fourth-order valence-corrected chi connectivity index (χ4v) is 3.12. The van der Waals surface area contributed by atoms with E-state index in [0.29, 0.717) is 11.5 Å². The minimum Gasteiger partial charge on any atom is -0.301 e. The highest BCUT2D eigenvalue weighted by Gasteiger charge is 2.28. The average molecular weight is 249 g/mol. The van der Waals surface area contributed by atoms with Gasteiger partial charge in [-0.05, 0) is 43.4 Å². The normalized spacial score (nSPS) is 27.3. The first-order chi connectivity index (χ1) is 8.47. The molecule has 3 unspecified atom stereocenters. The molecule has 0 aromatic carbocycles. The molecule has 0 spiro atoms. The SMILES string of the molecule is C#CC(CCC)NC1CCCC(C(C)(C)C)CC1. The Morgan fingerprint density at radius 3 is 2.50 bits per heavy atom. The summed E-state index contributed by atoms with van der Waals surface area (Å²) >= 11 is 0. The minimum absolute atomic E-state index is 0.284. The van der Waals surface area contributed by atoms with Crippen molar-refractivity contribution in [2.45, 2.75) is 84.7 Å². The Balaban J connectivity index is 2.45. The average Bonchev–Trinajstić information content (AvgIpc) is 2.53. The van der Waals surface area contributed by atoms with Gasteiger partial charge in [-0.2, -0.15) is 0 Å². The lowest BCUT2D eigenvalue weighted by Crippen LogP contribution is -2.37. The molecule has 104 valence electrons. The van der Waals surface area contributed by atoms with Gasteiger partial charge in [0, 0.05) is 6.04 Å². The van der Waals surface area contributed by atoms with Crippen molar-refractivity contribution in [3.05, 3.63) is 0 Å². The van der Waals surface area contributed by atoms with Gasteiger partial charge in [-0.15, -0.1) is 6.42 Å². The highest BCUT2D eigenvalue weighted by Crippen LogP contribution is 2.36. The molecule has 0 amide bonds. The molecule has 0 aliphatic heterocycles. The molecule has 18 heavy (non-hydrogen) atoms. The molecule has 1 fully saturated rings. The van der Waals surface area contributed by atoms with Gasteiger partial charge in [0.25, 0.3) is 0 Å². The molecule has 0 aromatic heterocycles. The lowest BCUT2D eigenvalue weighted by molar-refractivity contribution is 0.213. The van der Waals surface area contributed by atoms with Crippen LogP contribution in [0, 0.1) is 23.7 Å². The molecule has 0 heterocycles. The fraction of sp³-hybridized carbons (Fsp3) is 0.882. The smallest absolute Gasteiger partial charge is 0.0688 e. The van der Waals surface area contributed by atoms with Crippen molar-refractivity contribution in [3.63, 3.8) is 0 Å². The Morgan fingerprint density at radius 1 is 1.22 bits per heavy atom. The molecule has 0 radical (unpaired) electrons. The molecule has 1 heteroatoms. The Morgan fingerprint density at radius 2 is 1.94 bits per heavy atom. The summed E-state index contributed by atoms with van der Waals surface area (Å²) in [6.07, 6.45) is 14.6. The van der Waals surface area contributed by atoms with Crippen LogP contribution in [0.3, 0.4) is 0 Å². The van der Waals surface area contributed by atoms with Gasteiger partial charge in [0.15, 0.2) is 0 Å². The zero-order chi connectivity index (χ0) is 13.6. The summed E-state index contributed by atoms with van der Waals surface area (Å²) in [5.41, 5.74) is 0.462. The van der Waals surface area contributed by atoms with E-state index in [9.17, 15) is 0 Å². The Hall–Kier alpha value is -0.480. The Bertz CT molecular complexity index is 268. The number of terminal acetylenes is 1. The Labute approximate surface area is 114 Å². The van der Waals surface area contributed by atoms with Crippen LogP contribution in [-0.4, -0.2) is 12.1 Å². The molecule has 0 aromatic rings. The van der Waals surface area contributed by atoms with Gasteiger partial charge in [0.1, 0.15) is 0 Å². The molecule has 1 aliphatic carbocycles. The first-order valence-electron chi connectivity index (χ1n) is 7.69. The van der Waals surface area contributed by atoms with Crippen LogP contribution in [0.4, 0.5) is 0 Å². The number of nitrogens with one attached hydrogen (secondary N) is 1. The summed E-state index contributed by atoms with van der Waals surface area (Å²) in [4.78, 5) is 0. The molecule has 1 aliphatic rings. The maximum Gasteiger partial charge on any atom is 0.0688 e. The van der Waals surface area contributed by atoms with E-state index in [0.717, 1.165) is 12.3 Å². The van der Waals surface area contributed by atoms with Crippen molar-refractivity contribution in [1.82, 2.24) is 5.32 Å². The Kier molecular flexibility index (Phi) is 6.22. The summed E-state index contributed by atoms with van der Waals surface area (Å²) in [6.45, 7) is 9.35. The predicted molar refractivity (Wildman–Crippen MR) is 80.5 cm³/mol. The zero-order valence-corrected chi connectivity index (χ0v) is 12.8. The molecule has 1 nitrogen and oxygen atoms in total. The monoisotopic (exact) mass is 249 g/mol. The van der Waals surface area contributed by atoms with Crippen molar-refractivity contribution in [3.8, 4) is 12.3 Å². The summed E-state index contributed by atoms with van der Waals surface area (Å²) in [5, 5.41) is 3.68. The summed E-state index contributed by atoms with van der Waals surface area (Å²) in [7, 11) is 0. The van der Waals surface area contributed by atoms with E-state index in [2.05, 4.69) is 38.9 Å².